The molecule has 1 N–H and O–H groups in total. The number of sulfonamides is 1. The van der Waals surface area contributed by atoms with Crippen LogP contribution in [0.3, 0.4) is 0 Å². The largest absolute Gasteiger partial charge is 0.495 e. The molecule has 2 aromatic carbocycles. The Bertz CT molecular complexity index is 1190. The van der Waals surface area contributed by atoms with E-state index in [9.17, 15) is 28.1 Å². The van der Waals surface area contributed by atoms with Crippen molar-refractivity contribution in [3.05, 3.63) is 64.2 Å². The third-order valence-electron chi connectivity index (χ3n) is 5.37. The lowest BCUT2D eigenvalue weighted by atomic mass is 10.1. The van der Waals surface area contributed by atoms with E-state index in [4.69, 9.17) is 4.74 Å². The number of amides is 2. The van der Waals surface area contributed by atoms with Crippen LogP contribution in [0.5, 0.6) is 5.75 Å². The molecular formula is C24H32N4O7S. The Morgan fingerprint density at radius 2 is 1.75 bits per heavy atom. The number of nitrogens with one attached hydrogen (secondary N) is 1. The molecule has 0 unspecified atom stereocenters. The summed E-state index contributed by atoms with van der Waals surface area (Å²) in [6, 6.07) is 11.5. The Morgan fingerprint density at radius 1 is 1.11 bits per heavy atom. The lowest BCUT2D eigenvalue weighted by Gasteiger charge is -2.32. The summed E-state index contributed by atoms with van der Waals surface area (Å²) in [6.07, 6.45) is 0.888. The van der Waals surface area contributed by atoms with Gasteiger partial charge in [-0.15, -0.1) is 0 Å². The zero-order valence-corrected chi connectivity index (χ0v) is 21.8. The molecule has 36 heavy (non-hydrogen) atoms. The van der Waals surface area contributed by atoms with Gasteiger partial charge < -0.3 is 15.0 Å². The highest BCUT2D eigenvalue weighted by Gasteiger charge is 2.32. The van der Waals surface area contributed by atoms with Gasteiger partial charge >= 0.3 is 0 Å². The molecule has 2 aromatic rings. The molecule has 2 rings (SSSR count). The van der Waals surface area contributed by atoms with Crippen molar-refractivity contribution in [1.82, 2.24) is 10.2 Å². The van der Waals surface area contributed by atoms with E-state index in [1.165, 1.54) is 24.1 Å². The van der Waals surface area contributed by atoms with Gasteiger partial charge in [-0.2, -0.15) is 0 Å². The van der Waals surface area contributed by atoms with Crippen molar-refractivity contribution >= 4 is 33.2 Å². The predicted octanol–water partition coefficient (Wildman–Crippen LogP) is 2.56. The molecule has 0 aliphatic carbocycles. The lowest BCUT2D eigenvalue weighted by molar-refractivity contribution is -0.384. The summed E-state index contributed by atoms with van der Waals surface area (Å²) in [5, 5.41) is 14.1. The van der Waals surface area contributed by atoms with E-state index < -0.39 is 33.4 Å². The van der Waals surface area contributed by atoms with Crippen LogP contribution in [0.4, 0.5) is 11.4 Å². The smallest absolute Gasteiger partial charge is 0.271 e. The van der Waals surface area contributed by atoms with Crippen LogP contribution in [-0.2, 0) is 26.2 Å². The fourth-order valence-electron chi connectivity index (χ4n) is 3.40. The number of benzene rings is 2. The number of carbonyl (C=O) groups is 2. The van der Waals surface area contributed by atoms with Crippen LogP contribution in [-0.4, -0.2) is 62.6 Å². The first-order chi connectivity index (χ1) is 16.8. The Morgan fingerprint density at radius 3 is 2.28 bits per heavy atom. The number of nitrogens with zero attached hydrogens (tertiary/aromatic N) is 3. The van der Waals surface area contributed by atoms with Gasteiger partial charge in [-0.05, 0) is 24.5 Å². The number of hydrogen-bond donors (Lipinski definition) is 1. The third kappa shape index (κ3) is 7.67. The van der Waals surface area contributed by atoms with E-state index in [1.54, 1.807) is 31.2 Å². The molecule has 0 aromatic heterocycles. The van der Waals surface area contributed by atoms with Gasteiger partial charge in [0.25, 0.3) is 5.69 Å². The van der Waals surface area contributed by atoms with Crippen LogP contribution in [0, 0.1) is 16.0 Å². The maximum absolute atomic E-state index is 13.5. The summed E-state index contributed by atoms with van der Waals surface area (Å²) >= 11 is 0. The predicted molar refractivity (Wildman–Crippen MR) is 136 cm³/mol. The minimum Gasteiger partial charge on any atom is -0.495 e. The molecule has 0 bridgehead atoms. The van der Waals surface area contributed by atoms with Crippen molar-refractivity contribution in [2.75, 3.05) is 30.8 Å². The van der Waals surface area contributed by atoms with Crippen LogP contribution in [0.2, 0.25) is 0 Å². The quantitative estimate of drug-likeness (QED) is 0.335. The summed E-state index contributed by atoms with van der Waals surface area (Å²) < 4.78 is 31.4. The first kappa shape index (κ1) is 28.6. The van der Waals surface area contributed by atoms with Crippen LogP contribution in [0.25, 0.3) is 0 Å². The number of rotatable bonds is 12. The number of ether oxygens (including phenoxy) is 1. The molecular weight excluding hydrogens is 488 g/mol. The van der Waals surface area contributed by atoms with Gasteiger partial charge in [0.1, 0.15) is 24.0 Å². The van der Waals surface area contributed by atoms with E-state index in [1.807, 2.05) is 19.9 Å². The number of methoxy groups -OCH3 is 1. The average molecular weight is 521 g/mol. The average Bonchev–Trinajstić information content (AvgIpc) is 2.83. The van der Waals surface area contributed by atoms with Crippen LogP contribution < -0.4 is 14.4 Å². The SMILES string of the molecule is COc1ccc([N+](=O)[O-])cc1N(CC(=O)N(Cc1ccccc1)[C@H](C)C(=O)NCC(C)C)S(C)(=O)=O. The maximum Gasteiger partial charge on any atom is 0.271 e. The summed E-state index contributed by atoms with van der Waals surface area (Å²) in [6.45, 7) is 5.22. The molecule has 0 fully saturated rings. The van der Waals surface area contributed by atoms with Gasteiger partial charge in [0, 0.05) is 25.2 Å². The maximum atomic E-state index is 13.5. The minimum atomic E-state index is -4.08. The molecule has 0 saturated heterocycles. The summed E-state index contributed by atoms with van der Waals surface area (Å²) in [5.74, 6) is -0.811. The molecule has 2 amide bonds. The molecule has 196 valence electrons. The zero-order chi connectivity index (χ0) is 27.0. The number of anilines is 1. The van der Waals surface area contributed by atoms with Crippen molar-refractivity contribution in [2.24, 2.45) is 5.92 Å². The second kappa shape index (κ2) is 12.3. The highest BCUT2D eigenvalue weighted by molar-refractivity contribution is 7.92. The number of carbonyl (C=O) groups excluding carboxylic acids is 2. The first-order valence-electron chi connectivity index (χ1n) is 11.3. The number of nitro groups is 1. The van der Waals surface area contributed by atoms with Gasteiger partial charge in [-0.3, -0.25) is 24.0 Å². The monoisotopic (exact) mass is 520 g/mol. The standard InChI is InChI=1S/C24H32N4O7S/c1-17(2)14-25-24(30)18(3)26(15-19-9-7-6-8-10-19)23(29)16-27(36(5,33)34)21-13-20(28(31)32)11-12-22(21)35-4/h6-13,17-18H,14-16H2,1-5H3,(H,25,30)/t18-/m1/s1. The van der Waals surface area contributed by atoms with Crippen molar-refractivity contribution in [3.63, 3.8) is 0 Å². The van der Waals surface area contributed by atoms with Crippen LogP contribution >= 0.6 is 0 Å². The van der Waals surface area contributed by atoms with Gasteiger partial charge in [0.2, 0.25) is 21.8 Å². The summed E-state index contributed by atoms with van der Waals surface area (Å²) in [7, 11) is -2.79. The second-order valence-corrected chi connectivity index (χ2v) is 10.6. The molecule has 1 atom stereocenters. The van der Waals surface area contributed by atoms with Crippen molar-refractivity contribution in [3.8, 4) is 5.75 Å². The normalized spacial score (nSPS) is 12.1. The van der Waals surface area contributed by atoms with Crippen LogP contribution in [0.1, 0.15) is 26.3 Å². The molecule has 0 spiro atoms. The topological polar surface area (TPSA) is 139 Å². The molecule has 0 saturated carbocycles. The Labute approximate surface area is 211 Å². The van der Waals surface area contributed by atoms with Crippen molar-refractivity contribution in [1.29, 1.82) is 0 Å². The first-order valence-corrected chi connectivity index (χ1v) is 13.1. The zero-order valence-electron chi connectivity index (χ0n) is 21.0. The van der Waals surface area contributed by atoms with E-state index in [2.05, 4.69) is 5.32 Å². The van der Waals surface area contributed by atoms with E-state index in [0.29, 0.717) is 6.54 Å². The Hall–Kier alpha value is -3.67. The highest BCUT2D eigenvalue weighted by atomic mass is 32.2. The van der Waals surface area contributed by atoms with E-state index >= 15 is 0 Å². The fraction of sp³-hybridized carbons (Fsp3) is 0.417. The Kier molecular flexibility index (Phi) is 9.79. The van der Waals surface area contributed by atoms with E-state index in [-0.39, 0.29) is 35.5 Å². The molecule has 12 heteroatoms. The molecule has 0 aliphatic rings. The fourth-order valence-corrected chi connectivity index (χ4v) is 4.24. The number of nitro benzene ring substituents is 1. The molecule has 11 nitrogen and oxygen atoms in total. The Balaban J connectivity index is 2.47. The van der Waals surface area contributed by atoms with Crippen molar-refractivity contribution in [2.45, 2.75) is 33.4 Å². The third-order valence-corrected chi connectivity index (χ3v) is 6.50. The van der Waals surface area contributed by atoms with Gasteiger partial charge in [-0.25, -0.2) is 8.42 Å². The molecule has 0 heterocycles. The number of non-ortho nitro benzene ring substituents is 1. The van der Waals surface area contributed by atoms with E-state index in [0.717, 1.165) is 22.2 Å². The summed E-state index contributed by atoms with van der Waals surface area (Å²) in [4.78, 5) is 38.3. The summed E-state index contributed by atoms with van der Waals surface area (Å²) in [5.41, 5.74) is 0.224. The van der Waals surface area contributed by atoms with Crippen molar-refractivity contribution < 1.29 is 27.7 Å². The second-order valence-electron chi connectivity index (χ2n) is 8.71. The van der Waals surface area contributed by atoms with Gasteiger partial charge in [-0.1, -0.05) is 44.2 Å². The van der Waals surface area contributed by atoms with Gasteiger partial charge in [0.05, 0.1) is 18.3 Å². The number of hydrogen-bond acceptors (Lipinski definition) is 7. The molecule has 0 radical (unpaired) electrons. The minimum absolute atomic E-state index is 0.0381. The molecule has 0 aliphatic heterocycles. The van der Waals surface area contributed by atoms with Gasteiger partial charge in [0.15, 0.2) is 0 Å². The lowest BCUT2D eigenvalue weighted by Crippen LogP contribution is -2.51. The van der Waals surface area contributed by atoms with Crippen LogP contribution in [0.15, 0.2) is 48.5 Å². The highest BCUT2D eigenvalue weighted by Crippen LogP contribution is 2.33.